The molecule has 0 radical (unpaired) electrons. The lowest BCUT2D eigenvalue weighted by molar-refractivity contribution is 0.100. The van der Waals surface area contributed by atoms with E-state index in [2.05, 4.69) is 15.6 Å². The Morgan fingerprint density at radius 3 is 2.38 bits per heavy atom. The van der Waals surface area contributed by atoms with Gasteiger partial charge in [-0.1, -0.05) is 23.7 Å². The highest BCUT2D eigenvalue weighted by Crippen LogP contribution is 2.16. The molecule has 138 valence electrons. The van der Waals surface area contributed by atoms with Crippen molar-refractivity contribution in [3.05, 3.63) is 64.7 Å². The molecule has 1 atom stereocenters. The third kappa shape index (κ3) is 6.29. The van der Waals surface area contributed by atoms with E-state index in [1.54, 1.807) is 31.3 Å². The largest absolute Gasteiger partial charge is 0.489 e. The van der Waals surface area contributed by atoms with Crippen molar-refractivity contribution in [2.75, 3.05) is 13.6 Å². The molecule has 0 aromatic heterocycles. The van der Waals surface area contributed by atoms with Gasteiger partial charge in [-0.3, -0.25) is 9.79 Å². The van der Waals surface area contributed by atoms with Crippen LogP contribution in [-0.2, 0) is 6.54 Å². The smallest absolute Gasteiger partial charge is 0.248 e. The predicted molar refractivity (Wildman–Crippen MR) is 105 cm³/mol. The summed E-state index contributed by atoms with van der Waals surface area (Å²) in [6.07, 6.45) is -0.0513. The number of guanidine groups is 1. The highest BCUT2D eigenvalue weighted by molar-refractivity contribution is 6.30. The molecule has 0 saturated heterocycles. The van der Waals surface area contributed by atoms with E-state index in [0.717, 1.165) is 11.3 Å². The molecule has 0 saturated carbocycles. The van der Waals surface area contributed by atoms with Gasteiger partial charge in [-0.25, -0.2) is 0 Å². The van der Waals surface area contributed by atoms with Gasteiger partial charge in [0.05, 0.1) is 6.54 Å². The summed E-state index contributed by atoms with van der Waals surface area (Å²) in [5.41, 5.74) is 6.74. The van der Waals surface area contributed by atoms with E-state index in [1.807, 2.05) is 31.2 Å². The summed E-state index contributed by atoms with van der Waals surface area (Å²) in [6, 6.07) is 14.4. The average Bonchev–Trinajstić information content (AvgIpc) is 2.64. The molecule has 0 aliphatic heterocycles. The Morgan fingerprint density at radius 1 is 1.15 bits per heavy atom. The fraction of sp³-hybridized carbons (Fsp3) is 0.263. The van der Waals surface area contributed by atoms with Crippen molar-refractivity contribution >= 4 is 23.5 Å². The Hall–Kier alpha value is -2.73. The summed E-state index contributed by atoms with van der Waals surface area (Å²) in [6.45, 7) is 3.13. The molecule has 2 aromatic carbocycles. The molecule has 7 heteroatoms. The Balaban J connectivity index is 1.78. The van der Waals surface area contributed by atoms with Crippen molar-refractivity contribution in [2.24, 2.45) is 10.7 Å². The van der Waals surface area contributed by atoms with E-state index < -0.39 is 5.91 Å². The Kier molecular flexibility index (Phi) is 7.29. The van der Waals surface area contributed by atoms with Gasteiger partial charge in [-0.15, -0.1) is 0 Å². The first-order chi connectivity index (χ1) is 12.5. The number of carbonyl (C=O) groups excluding carboxylic acids is 1. The molecule has 0 spiro atoms. The second kappa shape index (κ2) is 9.68. The molecule has 26 heavy (non-hydrogen) atoms. The van der Waals surface area contributed by atoms with Crippen LogP contribution in [0.3, 0.4) is 0 Å². The van der Waals surface area contributed by atoms with Crippen molar-refractivity contribution < 1.29 is 9.53 Å². The summed E-state index contributed by atoms with van der Waals surface area (Å²) < 4.78 is 5.81. The minimum absolute atomic E-state index is 0.0513. The molecular weight excluding hydrogens is 352 g/mol. The van der Waals surface area contributed by atoms with Crippen molar-refractivity contribution in [1.82, 2.24) is 10.6 Å². The monoisotopic (exact) mass is 374 g/mol. The molecule has 1 amide bonds. The number of halogens is 1. The maximum absolute atomic E-state index is 11.1. The van der Waals surface area contributed by atoms with E-state index in [4.69, 9.17) is 22.1 Å². The SMILES string of the molecule is CN=C(NCc1ccc(C(N)=O)cc1)NCC(C)Oc1ccc(Cl)cc1. The maximum Gasteiger partial charge on any atom is 0.248 e. The number of nitrogens with one attached hydrogen (secondary N) is 2. The number of amides is 1. The third-order valence-corrected chi connectivity index (χ3v) is 3.88. The maximum atomic E-state index is 11.1. The molecule has 4 N–H and O–H groups in total. The third-order valence-electron chi connectivity index (χ3n) is 3.63. The molecule has 0 fully saturated rings. The second-order valence-corrected chi connectivity index (χ2v) is 6.19. The first-order valence-corrected chi connectivity index (χ1v) is 8.61. The van der Waals surface area contributed by atoms with Gasteiger partial charge in [0.2, 0.25) is 5.91 Å². The predicted octanol–water partition coefficient (Wildman–Crippen LogP) is 2.57. The lowest BCUT2D eigenvalue weighted by atomic mass is 10.1. The number of rotatable bonds is 7. The van der Waals surface area contributed by atoms with Gasteiger partial charge in [0.25, 0.3) is 0 Å². The standard InChI is InChI=1S/C19H23ClN4O2/c1-13(26-17-9-7-16(20)8-10-17)11-23-19(22-2)24-12-14-3-5-15(6-4-14)18(21)25/h3-10,13H,11-12H2,1-2H3,(H2,21,25)(H2,22,23,24). The Labute approximate surface area is 158 Å². The molecule has 0 bridgehead atoms. The van der Waals surface area contributed by atoms with Crippen molar-refractivity contribution in [2.45, 2.75) is 19.6 Å². The van der Waals surface area contributed by atoms with Crippen LogP contribution < -0.4 is 21.1 Å². The number of aliphatic imine (C=N–C) groups is 1. The van der Waals surface area contributed by atoms with E-state index >= 15 is 0 Å². The van der Waals surface area contributed by atoms with E-state index in [1.165, 1.54) is 0 Å². The number of benzene rings is 2. The van der Waals surface area contributed by atoms with Gasteiger partial charge in [0.15, 0.2) is 5.96 Å². The summed E-state index contributed by atoms with van der Waals surface area (Å²) in [4.78, 5) is 15.3. The van der Waals surface area contributed by atoms with Gasteiger partial charge < -0.3 is 21.1 Å². The highest BCUT2D eigenvalue weighted by Gasteiger charge is 2.06. The lowest BCUT2D eigenvalue weighted by Crippen LogP contribution is -2.41. The summed E-state index contributed by atoms with van der Waals surface area (Å²) in [5.74, 6) is 0.994. The van der Waals surface area contributed by atoms with E-state index in [-0.39, 0.29) is 6.10 Å². The fourth-order valence-electron chi connectivity index (χ4n) is 2.22. The molecule has 2 rings (SSSR count). The number of primary amides is 1. The van der Waals surface area contributed by atoms with Crippen LogP contribution in [0, 0.1) is 0 Å². The van der Waals surface area contributed by atoms with Gasteiger partial charge >= 0.3 is 0 Å². The number of nitrogens with two attached hydrogens (primary N) is 1. The van der Waals surface area contributed by atoms with Crippen LogP contribution in [0.2, 0.25) is 5.02 Å². The molecule has 0 aliphatic rings. The number of hydrogen-bond donors (Lipinski definition) is 3. The summed E-state index contributed by atoms with van der Waals surface area (Å²) >= 11 is 5.86. The van der Waals surface area contributed by atoms with Crippen molar-refractivity contribution in [3.63, 3.8) is 0 Å². The van der Waals surface area contributed by atoms with Crippen molar-refractivity contribution in [1.29, 1.82) is 0 Å². The van der Waals surface area contributed by atoms with Crippen LogP contribution in [0.25, 0.3) is 0 Å². The second-order valence-electron chi connectivity index (χ2n) is 5.75. The van der Waals surface area contributed by atoms with Crippen LogP contribution >= 0.6 is 11.6 Å². The minimum Gasteiger partial charge on any atom is -0.489 e. The first kappa shape index (κ1) is 19.6. The van der Waals surface area contributed by atoms with Gasteiger partial charge in [0.1, 0.15) is 11.9 Å². The fourth-order valence-corrected chi connectivity index (χ4v) is 2.35. The molecule has 2 aromatic rings. The quantitative estimate of drug-likeness (QED) is 0.513. The molecule has 0 heterocycles. The number of hydrogen-bond acceptors (Lipinski definition) is 3. The normalized spacial score (nSPS) is 12.3. The topological polar surface area (TPSA) is 88.7 Å². The van der Waals surface area contributed by atoms with E-state index in [0.29, 0.717) is 29.6 Å². The summed E-state index contributed by atoms with van der Waals surface area (Å²) in [7, 11) is 1.70. The zero-order chi connectivity index (χ0) is 18.9. The molecule has 6 nitrogen and oxygen atoms in total. The zero-order valence-corrected chi connectivity index (χ0v) is 15.6. The summed E-state index contributed by atoms with van der Waals surface area (Å²) in [5, 5.41) is 7.10. The van der Waals surface area contributed by atoms with Crippen LogP contribution in [0.5, 0.6) is 5.75 Å². The highest BCUT2D eigenvalue weighted by atomic mass is 35.5. The van der Waals surface area contributed by atoms with E-state index in [9.17, 15) is 4.79 Å². The number of carbonyl (C=O) groups is 1. The lowest BCUT2D eigenvalue weighted by Gasteiger charge is -2.18. The number of ether oxygens (including phenoxy) is 1. The minimum atomic E-state index is -0.434. The first-order valence-electron chi connectivity index (χ1n) is 8.23. The van der Waals surface area contributed by atoms with Gasteiger partial charge in [0, 0.05) is 24.2 Å². The van der Waals surface area contributed by atoms with Crippen LogP contribution in [-0.4, -0.2) is 31.6 Å². The molecular formula is C19H23ClN4O2. The van der Waals surface area contributed by atoms with Crippen LogP contribution in [0.15, 0.2) is 53.5 Å². The number of nitrogens with zero attached hydrogens (tertiary/aromatic N) is 1. The van der Waals surface area contributed by atoms with Crippen LogP contribution in [0.1, 0.15) is 22.8 Å². The zero-order valence-electron chi connectivity index (χ0n) is 14.8. The van der Waals surface area contributed by atoms with Crippen LogP contribution in [0.4, 0.5) is 0 Å². The van der Waals surface area contributed by atoms with Crippen molar-refractivity contribution in [3.8, 4) is 5.75 Å². The van der Waals surface area contributed by atoms with Gasteiger partial charge in [-0.05, 0) is 48.9 Å². The Morgan fingerprint density at radius 2 is 1.81 bits per heavy atom. The molecule has 0 aliphatic carbocycles. The Bertz CT molecular complexity index is 745. The van der Waals surface area contributed by atoms with Gasteiger partial charge in [-0.2, -0.15) is 0 Å². The molecule has 1 unspecified atom stereocenters. The average molecular weight is 375 g/mol.